The van der Waals surface area contributed by atoms with E-state index < -0.39 is 5.54 Å². The molecule has 2 aliphatic heterocycles. The van der Waals surface area contributed by atoms with Crippen LogP contribution in [0.1, 0.15) is 90.3 Å². The SMILES string of the molecule is CCC1(CC)C(=O)N(C(C)(C)C)CC(C)(C)N1OC(C)c1ccc(C(=O)N2CC[N+](C)(C)CC2)cc1. The van der Waals surface area contributed by atoms with E-state index >= 15 is 0 Å². The van der Waals surface area contributed by atoms with E-state index in [-0.39, 0.29) is 29.0 Å². The molecule has 7 nitrogen and oxygen atoms in total. The summed E-state index contributed by atoms with van der Waals surface area (Å²) in [7, 11) is 4.42. The van der Waals surface area contributed by atoms with Crippen molar-refractivity contribution in [3.8, 4) is 0 Å². The van der Waals surface area contributed by atoms with Crippen LogP contribution in [0, 0.1) is 0 Å². The molecule has 0 aliphatic carbocycles. The molecule has 2 saturated heterocycles. The zero-order valence-corrected chi connectivity index (χ0v) is 24.4. The van der Waals surface area contributed by atoms with Crippen LogP contribution in [0.5, 0.6) is 0 Å². The van der Waals surface area contributed by atoms with Crippen molar-refractivity contribution in [3.63, 3.8) is 0 Å². The fourth-order valence-corrected chi connectivity index (χ4v) is 5.57. The van der Waals surface area contributed by atoms with Crippen LogP contribution in [0.15, 0.2) is 24.3 Å². The Morgan fingerprint density at radius 3 is 2.06 bits per heavy atom. The number of hydroxylamine groups is 2. The third kappa shape index (κ3) is 5.48. The molecule has 0 radical (unpaired) electrons. The predicted octanol–water partition coefficient (Wildman–Crippen LogP) is 4.49. The smallest absolute Gasteiger partial charge is 0.254 e. The summed E-state index contributed by atoms with van der Waals surface area (Å²) < 4.78 is 0.956. The number of nitrogens with zero attached hydrogens (tertiary/aromatic N) is 4. The standard InChI is InChI=1S/C29H49N4O3/c1-11-29(12-2)26(35)31(27(4,5)6)21-28(7,8)32(29)36-22(3)23-13-15-24(16-14-23)25(34)30-17-19-33(9,10)20-18-30/h13-16,22H,11-12,17-21H2,1-10H3/q+1. The van der Waals surface area contributed by atoms with Gasteiger partial charge in [-0.2, -0.15) is 5.06 Å². The number of hydrogen-bond acceptors (Lipinski definition) is 4. The maximum absolute atomic E-state index is 13.8. The second kappa shape index (κ2) is 10.1. The van der Waals surface area contributed by atoms with Crippen LogP contribution < -0.4 is 0 Å². The first kappa shape index (κ1) is 28.6. The normalized spacial score (nSPS) is 23.0. The van der Waals surface area contributed by atoms with Crippen LogP contribution in [0.2, 0.25) is 0 Å². The fraction of sp³-hybridized carbons (Fsp3) is 0.724. The third-order valence-corrected chi connectivity index (χ3v) is 8.23. The van der Waals surface area contributed by atoms with Gasteiger partial charge in [-0.3, -0.25) is 14.4 Å². The van der Waals surface area contributed by atoms with E-state index in [4.69, 9.17) is 4.84 Å². The van der Waals surface area contributed by atoms with Crippen molar-refractivity contribution in [2.75, 3.05) is 46.8 Å². The molecule has 1 aromatic carbocycles. The lowest BCUT2D eigenvalue weighted by molar-refractivity contribution is -0.894. The molecule has 0 saturated carbocycles. The lowest BCUT2D eigenvalue weighted by Gasteiger charge is -2.59. The van der Waals surface area contributed by atoms with Gasteiger partial charge in [0.15, 0.2) is 0 Å². The number of likely N-dealkylation sites (N-methyl/N-ethyl adjacent to an activating group) is 1. The highest BCUT2D eigenvalue weighted by atomic mass is 16.7. The molecule has 2 fully saturated rings. The molecule has 1 unspecified atom stereocenters. The first-order chi connectivity index (χ1) is 16.6. The Labute approximate surface area is 218 Å². The number of carbonyl (C=O) groups is 2. The van der Waals surface area contributed by atoms with Gasteiger partial charge < -0.3 is 14.3 Å². The van der Waals surface area contributed by atoms with Gasteiger partial charge in [0.25, 0.3) is 5.91 Å². The molecule has 2 aliphatic rings. The van der Waals surface area contributed by atoms with Crippen LogP contribution in [-0.2, 0) is 9.63 Å². The number of carbonyl (C=O) groups excluding carboxylic acids is 2. The summed E-state index contributed by atoms with van der Waals surface area (Å²) >= 11 is 0. The van der Waals surface area contributed by atoms with Gasteiger partial charge in [0, 0.05) is 17.6 Å². The van der Waals surface area contributed by atoms with E-state index in [0.717, 1.165) is 36.2 Å². The van der Waals surface area contributed by atoms with Gasteiger partial charge in [-0.25, -0.2) is 0 Å². The minimum Gasteiger partial charge on any atom is -0.334 e. The maximum atomic E-state index is 13.8. The first-order valence-corrected chi connectivity index (χ1v) is 13.6. The highest BCUT2D eigenvalue weighted by molar-refractivity contribution is 5.94. The lowest BCUT2D eigenvalue weighted by Crippen LogP contribution is -2.75. The average Bonchev–Trinajstić information content (AvgIpc) is 2.81. The molecule has 0 bridgehead atoms. The number of piperazine rings is 2. The maximum Gasteiger partial charge on any atom is 0.254 e. The Hall–Kier alpha value is -1.96. The Kier molecular flexibility index (Phi) is 8.00. The molecule has 0 aromatic heterocycles. The van der Waals surface area contributed by atoms with Crippen molar-refractivity contribution in [1.82, 2.24) is 14.9 Å². The van der Waals surface area contributed by atoms with Gasteiger partial charge in [0.1, 0.15) is 11.6 Å². The summed E-state index contributed by atoms with van der Waals surface area (Å²) in [4.78, 5) is 37.5. The average molecular weight is 502 g/mol. The van der Waals surface area contributed by atoms with E-state index in [1.165, 1.54) is 0 Å². The highest BCUT2D eigenvalue weighted by Gasteiger charge is 2.57. The predicted molar refractivity (Wildman–Crippen MR) is 144 cm³/mol. The van der Waals surface area contributed by atoms with Gasteiger partial charge in [-0.05, 0) is 72.1 Å². The number of quaternary nitrogens is 1. The van der Waals surface area contributed by atoms with Crippen LogP contribution in [0.25, 0.3) is 0 Å². The molecule has 3 rings (SSSR count). The molecule has 7 heteroatoms. The fourth-order valence-electron chi connectivity index (χ4n) is 5.57. The quantitative estimate of drug-likeness (QED) is 0.539. The summed E-state index contributed by atoms with van der Waals surface area (Å²) in [5.41, 5.74) is 0.361. The second-order valence-corrected chi connectivity index (χ2v) is 13.0. The number of amides is 2. The van der Waals surface area contributed by atoms with Crippen molar-refractivity contribution in [3.05, 3.63) is 35.4 Å². The van der Waals surface area contributed by atoms with Crippen LogP contribution in [-0.4, -0.2) is 94.6 Å². The summed E-state index contributed by atoms with van der Waals surface area (Å²) in [6.07, 6.45) is 1.08. The number of benzene rings is 1. The van der Waals surface area contributed by atoms with Crippen molar-refractivity contribution in [2.24, 2.45) is 0 Å². The molecule has 202 valence electrons. The van der Waals surface area contributed by atoms with Gasteiger partial charge in [0.05, 0.1) is 45.8 Å². The Balaban J connectivity index is 1.79. The topological polar surface area (TPSA) is 53.1 Å². The van der Waals surface area contributed by atoms with E-state index in [0.29, 0.717) is 24.9 Å². The second-order valence-electron chi connectivity index (χ2n) is 13.0. The van der Waals surface area contributed by atoms with Crippen molar-refractivity contribution in [1.29, 1.82) is 0 Å². The molecule has 1 atom stereocenters. The van der Waals surface area contributed by atoms with Crippen molar-refractivity contribution >= 4 is 11.8 Å². The van der Waals surface area contributed by atoms with Gasteiger partial charge in [0.2, 0.25) is 5.91 Å². The zero-order chi connectivity index (χ0) is 27.1. The van der Waals surface area contributed by atoms with Crippen molar-refractivity contribution < 1.29 is 18.9 Å². The lowest BCUT2D eigenvalue weighted by atomic mass is 9.80. The molecule has 2 amide bonds. The van der Waals surface area contributed by atoms with Crippen LogP contribution in [0.4, 0.5) is 0 Å². The van der Waals surface area contributed by atoms with Crippen molar-refractivity contribution in [2.45, 2.75) is 91.0 Å². The van der Waals surface area contributed by atoms with E-state index in [2.05, 4.69) is 62.6 Å². The zero-order valence-electron chi connectivity index (χ0n) is 24.4. The minimum atomic E-state index is -0.722. The van der Waals surface area contributed by atoms with Gasteiger partial charge in [-0.1, -0.05) is 26.0 Å². The molecular weight excluding hydrogens is 452 g/mol. The third-order valence-electron chi connectivity index (χ3n) is 8.23. The first-order valence-electron chi connectivity index (χ1n) is 13.6. The molecule has 1 aromatic rings. The largest absolute Gasteiger partial charge is 0.334 e. The molecular formula is C29H49N4O3+. The monoisotopic (exact) mass is 501 g/mol. The number of hydrogen-bond donors (Lipinski definition) is 0. The van der Waals surface area contributed by atoms with Crippen LogP contribution in [0.3, 0.4) is 0 Å². The molecule has 36 heavy (non-hydrogen) atoms. The molecule has 0 N–H and O–H groups in total. The van der Waals surface area contributed by atoms with E-state index in [9.17, 15) is 9.59 Å². The summed E-state index contributed by atoms with van der Waals surface area (Å²) in [6, 6.07) is 7.79. The van der Waals surface area contributed by atoms with E-state index in [1.54, 1.807) is 0 Å². The summed E-state index contributed by atoms with van der Waals surface area (Å²) in [5.74, 6) is 0.228. The van der Waals surface area contributed by atoms with E-state index in [1.807, 2.05) is 46.1 Å². The summed E-state index contributed by atoms with van der Waals surface area (Å²) in [6.45, 7) is 20.9. The van der Waals surface area contributed by atoms with Gasteiger partial charge in [-0.15, -0.1) is 0 Å². The Morgan fingerprint density at radius 2 is 1.58 bits per heavy atom. The van der Waals surface area contributed by atoms with Gasteiger partial charge >= 0.3 is 0 Å². The minimum absolute atomic E-state index is 0.0934. The van der Waals surface area contributed by atoms with Crippen LogP contribution >= 0.6 is 0 Å². The highest BCUT2D eigenvalue weighted by Crippen LogP contribution is 2.42. The molecule has 0 spiro atoms. The Bertz CT molecular complexity index is 934. The molecule has 2 heterocycles. The Morgan fingerprint density at radius 1 is 1.06 bits per heavy atom. The number of rotatable bonds is 6. The summed E-state index contributed by atoms with van der Waals surface area (Å²) in [5, 5.41) is 1.99.